The molecule has 1 aliphatic carbocycles. The van der Waals surface area contributed by atoms with E-state index in [2.05, 4.69) is 39.5 Å². The SMILES string of the molecule is NC(=NCCc1ccc(OCCN2CCCC2)cc1)NC1CCCCC1. The molecule has 144 valence electrons. The minimum Gasteiger partial charge on any atom is -0.492 e. The molecule has 3 N–H and O–H groups in total. The normalized spacial score (nSPS) is 19.6. The summed E-state index contributed by atoms with van der Waals surface area (Å²) in [5.74, 6) is 1.55. The van der Waals surface area contributed by atoms with Crippen LogP contribution in [0.25, 0.3) is 0 Å². The highest BCUT2D eigenvalue weighted by Crippen LogP contribution is 2.17. The monoisotopic (exact) mass is 358 g/mol. The van der Waals surface area contributed by atoms with Crippen LogP contribution in [0.15, 0.2) is 29.3 Å². The van der Waals surface area contributed by atoms with Gasteiger partial charge in [-0.2, -0.15) is 0 Å². The van der Waals surface area contributed by atoms with E-state index in [1.165, 1.54) is 63.6 Å². The fourth-order valence-corrected chi connectivity index (χ4v) is 3.86. The minimum atomic E-state index is 0.518. The van der Waals surface area contributed by atoms with Gasteiger partial charge in [0.2, 0.25) is 0 Å². The lowest BCUT2D eigenvalue weighted by atomic mass is 9.96. The van der Waals surface area contributed by atoms with Crippen LogP contribution < -0.4 is 15.8 Å². The molecule has 3 rings (SSSR count). The van der Waals surface area contributed by atoms with E-state index in [-0.39, 0.29) is 0 Å². The average molecular weight is 359 g/mol. The number of rotatable bonds is 8. The van der Waals surface area contributed by atoms with Gasteiger partial charge in [-0.05, 0) is 62.9 Å². The van der Waals surface area contributed by atoms with Crippen LogP contribution in [0, 0.1) is 0 Å². The second kappa shape index (κ2) is 10.4. The summed E-state index contributed by atoms with van der Waals surface area (Å²) in [4.78, 5) is 6.95. The van der Waals surface area contributed by atoms with Gasteiger partial charge in [-0.1, -0.05) is 31.4 Å². The molecule has 1 heterocycles. The zero-order valence-corrected chi connectivity index (χ0v) is 16.0. The standard InChI is InChI=1S/C21H34N4O/c22-21(24-19-6-2-1-3-7-19)23-13-12-18-8-10-20(11-9-18)26-17-16-25-14-4-5-15-25/h8-11,19H,1-7,12-17H2,(H3,22,23,24). The molecule has 0 aromatic heterocycles. The van der Waals surface area contributed by atoms with Gasteiger partial charge in [-0.3, -0.25) is 9.89 Å². The van der Waals surface area contributed by atoms with Crippen molar-refractivity contribution in [2.45, 2.75) is 57.4 Å². The average Bonchev–Trinajstić information content (AvgIpc) is 3.17. The van der Waals surface area contributed by atoms with Crippen LogP contribution in [-0.4, -0.2) is 49.7 Å². The lowest BCUT2D eigenvalue weighted by Crippen LogP contribution is -2.41. The number of benzene rings is 1. The van der Waals surface area contributed by atoms with Gasteiger partial charge in [0, 0.05) is 19.1 Å². The third-order valence-corrected chi connectivity index (χ3v) is 5.44. The summed E-state index contributed by atoms with van der Waals surface area (Å²) in [7, 11) is 0. The molecule has 1 saturated heterocycles. The Balaban J connectivity index is 1.33. The predicted molar refractivity (Wildman–Crippen MR) is 108 cm³/mol. The van der Waals surface area contributed by atoms with E-state index in [1.807, 2.05) is 0 Å². The summed E-state index contributed by atoms with van der Waals surface area (Å²) < 4.78 is 5.85. The first kappa shape index (κ1) is 19.0. The Labute approximate surface area is 158 Å². The van der Waals surface area contributed by atoms with Crippen molar-refractivity contribution in [3.63, 3.8) is 0 Å². The third kappa shape index (κ3) is 6.52. The first-order valence-corrected chi connectivity index (χ1v) is 10.3. The summed E-state index contributed by atoms with van der Waals surface area (Å²) >= 11 is 0. The lowest BCUT2D eigenvalue weighted by Gasteiger charge is -2.23. The topological polar surface area (TPSA) is 62.9 Å². The van der Waals surface area contributed by atoms with Crippen molar-refractivity contribution in [3.8, 4) is 5.75 Å². The number of guanidine groups is 1. The number of nitrogens with zero attached hydrogens (tertiary/aromatic N) is 2. The molecule has 0 atom stereocenters. The molecule has 1 aromatic rings. The van der Waals surface area contributed by atoms with Crippen molar-refractivity contribution < 1.29 is 4.74 Å². The minimum absolute atomic E-state index is 0.518. The van der Waals surface area contributed by atoms with E-state index in [4.69, 9.17) is 10.5 Å². The van der Waals surface area contributed by atoms with Gasteiger partial charge in [-0.15, -0.1) is 0 Å². The van der Waals surface area contributed by atoms with Crippen LogP contribution >= 0.6 is 0 Å². The van der Waals surface area contributed by atoms with Crippen molar-refractivity contribution in [3.05, 3.63) is 29.8 Å². The Morgan fingerprint density at radius 3 is 2.54 bits per heavy atom. The molecular formula is C21H34N4O. The Morgan fingerprint density at radius 2 is 1.81 bits per heavy atom. The maximum absolute atomic E-state index is 6.01. The first-order chi connectivity index (χ1) is 12.8. The highest BCUT2D eigenvalue weighted by atomic mass is 16.5. The van der Waals surface area contributed by atoms with Gasteiger partial charge >= 0.3 is 0 Å². The highest BCUT2D eigenvalue weighted by Gasteiger charge is 2.13. The summed E-state index contributed by atoms with van der Waals surface area (Å²) in [6.45, 7) is 4.97. The van der Waals surface area contributed by atoms with Crippen molar-refractivity contribution >= 4 is 5.96 Å². The van der Waals surface area contributed by atoms with E-state index in [0.717, 1.165) is 31.9 Å². The van der Waals surface area contributed by atoms with Gasteiger partial charge in [0.05, 0.1) is 0 Å². The molecule has 1 aliphatic heterocycles. The van der Waals surface area contributed by atoms with E-state index in [9.17, 15) is 0 Å². The van der Waals surface area contributed by atoms with Crippen LogP contribution in [0.1, 0.15) is 50.5 Å². The maximum Gasteiger partial charge on any atom is 0.188 e. The van der Waals surface area contributed by atoms with E-state index in [0.29, 0.717) is 12.0 Å². The molecule has 1 aromatic carbocycles. The van der Waals surface area contributed by atoms with Gasteiger partial charge in [0.15, 0.2) is 5.96 Å². The van der Waals surface area contributed by atoms with Crippen LogP contribution in [0.4, 0.5) is 0 Å². The second-order valence-corrected chi connectivity index (χ2v) is 7.54. The summed E-state index contributed by atoms with van der Waals surface area (Å²) in [6, 6.07) is 8.90. The van der Waals surface area contributed by atoms with Crippen molar-refractivity contribution in [2.24, 2.45) is 10.7 Å². The van der Waals surface area contributed by atoms with Crippen LogP contribution in [0.3, 0.4) is 0 Å². The fraction of sp³-hybridized carbons (Fsp3) is 0.667. The molecule has 0 radical (unpaired) electrons. The molecule has 5 heteroatoms. The van der Waals surface area contributed by atoms with Gasteiger partial charge in [0.1, 0.15) is 12.4 Å². The molecule has 26 heavy (non-hydrogen) atoms. The maximum atomic E-state index is 6.01. The van der Waals surface area contributed by atoms with Crippen LogP contribution in [0.5, 0.6) is 5.75 Å². The number of aliphatic imine (C=N–C) groups is 1. The third-order valence-electron chi connectivity index (χ3n) is 5.44. The zero-order valence-electron chi connectivity index (χ0n) is 16.0. The van der Waals surface area contributed by atoms with Crippen molar-refractivity contribution in [1.29, 1.82) is 0 Å². The predicted octanol–water partition coefficient (Wildman–Crippen LogP) is 2.94. The van der Waals surface area contributed by atoms with Crippen molar-refractivity contribution in [2.75, 3.05) is 32.8 Å². The molecule has 2 fully saturated rings. The molecule has 0 bridgehead atoms. The lowest BCUT2D eigenvalue weighted by molar-refractivity contribution is 0.238. The quantitative estimate of drug-likeness (QED) is 0.554. The summed E-state index contributed by atoms with van der Waals surface area (Å²) in [5.41, 5.74) is 7.28. The Hall–Kier alpha value is -1.75. The van der Waals surface area contributed by atoms with Crippen LogP contribution in [-0.2, 0) is 6.42 Å². The van der Waals surface area contributed by atoms with Gasteiger partial charge < -0.3 is 15.8 Å². The molecule has 0 amide bonds. The zero-order chi connectivity index (χ0) is 18.0. The number of nitrogens with one attached hydrogen (secondary N) is 1. The first-order valence-electron chi connectivity index (χ1n) is 10.3. The fourth-order valence-electron chi connectivity index (χ4n) is 3.86. The van der Waals surface area contributed by atoms with E-state index < -0.39 is 0 Å². The van der Waals surface area contributed by atoms with E-state index >= 15 is 0 Å². The van der Waals surface area contributed by atoms with Crippen molar-refractivity contribution in [1.82, 2.24) is 10.2 Å². The van der Waals surface area contributed by atoms with Gasteiger partial charge in [-0.25, -0.2) is 0 Å². The Morgan fingerprint density at radius 1 is 1.08 bits per heavy atom. The molecule has 5 nitrogen and oxygen atoms in total. The number of ether oxygens (including phenoxy) is 1. The smallest absolute Gasteiger partial charge is 0.188 e. The number of hydrogen-bond donors (Lipinski definition) is 2. The Bertz CT molecular complexity index is 546. The van der Waals surface area contributed by atoms with Crippen LogP contribution in [0.2, 0.25) is 0 Å². The Kier molecular flexibility index (Phi) is 7.62. The highest BCUT2D eigenvalue weighted by molar-refractivity contribution is 5.78. The molecule has 0 spiro atoms. The summed E-state index contributed by atoms with van der Waals surface area (Å²) in [6.07, 6.45) is 9.96. The van der Waals surface area contributed by atoms with Gasteiger partial charge in [0.25, 0.3) is 0 Å². The molecule has 0 unspecified atom stereocenters. The number of hydrogen-bond acceptors (Lipinski definition) is 3. The number of likely N-dealkylation sites (tertiary alicyclic amines) is 1. The molecular weight excluding hydrogens is 324 g/mol. The molecule has 1 saturated carbocycles. The second-order valence-electron chi connectivity index (χ2n) is 7.54. The number of nitrogens with two attached hydrogens (primary N) is 1. The largest absolute Gasteiger partial charge is 0.492 e. The van der Waals surface area contributed by atoms with E-state index in [1.54, 1.807) is 0 Å². The summed E-state index contributed by atoms with van der Waals surface area (Å²) in [5, 5.41) is 3.36. The molecule has 2 aliphatic rings.